The number of hydrogen-bond acceptors (Lipinski definition) is 3. The van der Waals surface area contributed by atoms with Crippen LogP contribution >= 0.6 is 25.1 Å². The van der Waals surface area contributed by atoms with Crippen molar-refractivity contribution in [3.8, 4) is 11.3 Å². The number of H-pyrrole nitrogens is 1. The molecule has 0 saturated carbocycles. The Morgan fingerprint density at radius 1 is 1.25 bits per heavy atom. The maximum atomic E-state index is 13.3. The lowest BCUT2D eigenvalue weighted by Gasteiger charge is -2.32. The van der Waals surface area contributed by atoms with Gasteiger partial charge in [-0.05, 0) is 25.1 Å². The van der Waals surface area contributed by atoms with Crippen LogP contribution in [0.5, 0.6) is 0 Å². The summed E-state index contributed by atoms with van der Waals surface area (Å²) in [7, 11) is 0. The Balaban J connectivity index is 0.00000181. The van der Waals surface area contributed by atoms with Gasteiger partial charge in [0.2, 0.25) is 0 Å². The molecule has 0 unspecified atom stereocenters. The fourth-order valence-corrected chi connectivity index (χ4v) is 3.83. The van der Waals surface area contributed by atoms with Gasteiger partial charge in [-0.25, -0.2) is 4.98 Å². The van der Waals surface area contributed by atoms with Crippen LogP contribution in [0.15, 0.2) is 30.6 Å². The predicted octanol–water partition coefficient (Wildman–Crippen LogP) is 6.04. The number of fused-ring (bicyclic) bond motifs is 1. The average Bonchev–Trinajstić information content (AvgIpc) is 3.30. The Labute approximate surface area is 196 Å². The first kappa shape index (κ1) is 25.8. The molecule has 3 aromatic rings. The number of nitrogens with zero attached hydrogens (tertiary/aromatic N) is 4. The van der Waals surface area contributed by atoms with Crippen LogP contribution in [0.1, 0.15) is 62.0 Å². The van der Waals surface area contributed by atoms with Crippen LogP contribution in [0.4, 0.5) is 18.9 Å². The van der Waals surface area contributed by atoms with Gasteiger partial charge in [-0.1, -0.05) is 32.9 Å². The summed E-state index contributed by atoms with van der Waals surface area (Å²) >= 11 is 5.87. The normalized spacial score (nSPS) is 15.9. The molecule has 1 atom stereocenters. The molecule has 0 bridgehead atoms. The Morgan fingerprint density at radius 2 is 1.94 bits per heavy atom. The van der Waals surface area contributed by atoms with Gasteiger partial charge in [-0.2, -0.15) is 31.8 Å². The van der Waals surface area contributed by atoms with E-state index in [9.17, 15) is 18.0 Å². The first-order chi connectivity index (χ1) is 14.1. The number of amides is 1. The summed E-state index contributed by atoms with van der Waals surface area (Å²) in [4.78, 5) is 22.3. The lowest BCUT2D eigenvalue weighted by Crippen LogP contribution is -2.42. The number of rotatable bonds is 3. The van der Waals surface area contributed by atoms with Gasteiger partial charge in [-0.15, -0.1) is 0 Å². The first-order valence-electron chi connectivity index (χ1n) is 9.39. The third kappa shape index (κ3) is 4.38. The number of benzene rings is 1. The second kappa shape index (κ2) is 9.19. The molecule has 0 fully saturated rings. The SMILES string of the molecule is C.CC(C)c1ncc(-c2cnn3c2C(=O)N(c2ccc(C(F)(F)F)c(Cl)c2)C[C@@H]3C)[nH]1.S. The third-order valence-electron chi connectivity index (χ3n) is 5.11. The van der Waals surface area contributed by atoms with E-state index >= 15 is 0 Å². The summed E-state index contributed by atoms with van der Waals surface area (Å²) in [5.74, 6) is 0.607. The Hall–Kier alpha value is -2.46. The monoisotopic (exact) mass is 487 g/mol. The second-order valence-electron chi connectivity index (χ2n) is 7.61. The summed E-state index contributed by atoms with van der Waals surface area (Å²) in [5, 5.41) is 3.91. The molecule has 6 nitrogen and oxygen atoms in total. The van der Waals surface area contributed by atoms with Crippen molar-refractivity contribution >= 4 is 36.7 Å². The van der Waals surface area contributed by atoms with E-state index in [4.69, 9.17) is 11.6 Å². The number of halogens is 4. The molecule has 32 heavy (non-hydrogen) atoms. The highest BCUT2D eigenvalue weighted by Gasteiger charge is 2.36. The van der Waals surface area contributed by atoms with E-state index in [0.29, 0.717) is 22.6 Å². The minimum atomic E-state index is -4.56. The van der Waals surface area contributed by atoms with E-state index in [1.807, 2.05) is 20.8 Å². The lowest BCUT2D eigenvalue weighted by molar-refractivity contribution is -0.137. The third-order valence-corrected chi connectivity index (χ3v) is 5.42. The molecule has 3 heterocycles. The van der Waals surface area contributed by atoms with Crippen LogP contribution in [-0.4, -0.2) is 32.2 Å². The van der Waals surface area contributed by atoms with E-state index in [1.165, 1.54) is 17.0 Å². The molecule has 1 aliphatic rings. The van der Waals surface area contributed by atoms with Gasteiger partial charge < -0.3 is 9.88 Å². The molecule has 1 amide bonds. The molecule has 1 N–H and O–H groups in total. The van der Waals surface area contributed by atoms with Gasteiger partial charge >= 0.3 is 6.18 Å². The number of carbonyl (C=O) groups excluding carboxylic acids is 1. The average molecular weight is 488 g/mol. The standard InChI is InChI=1S/C20H19ClF3N5O.CH4.H2S/c1-10(2)18-25-8-16(27-18)13-7-26-29-11(3)9-28(19(30)17(13)29)12-4-5-14(15(21)6-12)20(22,23)24;;/h4-8,10-11H,9H2,1-3H3,(H,25,27);1H4;1H2/t11-;;/m0../s1. The number of imidazole rings is 1. The van der Waals surface area contributed by atoms with Crippen molar-refractivity contribution in [1.82, 2.24) is 19.7 Å². The van der Waals surface area contributed by atoms with Crippen LogP contribution in [0, 0.1) is 0 Å². The zero-order chi connectivity index (χ0) is 21.8. The van der Waals surface area contributed by atoms with Crippen molar-refractivity contribution in [3.63, 3.8) is 0 Å². The number of alkyl halides is 3. The number of aromatic nitrogens is 4. The van der Waals surface area contributed by atoms with Crippen molar-refractivity contribution in [2.75, 3.05) is 11.4 Å². The largest absolute Gasteiger partial charge is 0.417 e. The maximum absolute atomic E-state index is 13.3. The molecule has 0 aliphatic carbocycles. The van der Waals surface area contributed by atoms with Gasteiger partial charge in [0.1, 0.15) is 11.5 Å². The van der Waals surface area contributed by atoms with E-state index in [2.05, 4.69) is 15.1 Å². The number of carbonyl (C=O) groups is 1. The van der Waals surface area contributed by atoms with Gasteiger partial charge in [0.05, 0.1) is 40.3 Å². The topological polar surface area (TPSA) is 66.8 Å². The Morgan fingerprint density at radius 3 is 2.50 bits per heavy atom. The molecule has 4 rings (SSSR count). The van der Waals surface area contributed by atoms with Crippen molar-refractivity contribution in [1.29, 1.82) is 0 Å². The molecule has 2 aromatic heterocycles. The Kier molecular flexibility index (Phi) is 7.41. The molecule has 11 heteroatoms. The van der Waals surface area contributed by atoms with Gasteiger partial charge in [-0.3, -0.25) is 9.48 Å². The summed E-state index contributed by atoms with van der Waals surface area (Å²) < 4.78 is 40.7. The predicted molar refractivity (Wildman–Crippen MR) is 124 cm³/mol. The first-order valence-corrected chi connectivity index (χ1v) is 9.77. The molecular formula is C21H25ClF3N5OS. The van der Waals surface area contributed by atoms with Crippen LogP contribution < -0.4 is 4.90 Å². The van der Waals surface area contributed by atoms with Gasteiger partial charge in [0.15, 0.2) is 0 Å². The minimum absolute atomic E-state index is 0. The molecule has 174 valence electrons. The van der Waals surface area contributed by atoms with Crippen LogP contribution in [-0.2, 0) is 6.18 Å². The number of aromatic amines is 1. The second-order valence-corrected chi connectivity index (χ2v) is 8.02. The lowest BCUT2D eigenvalue weighted by atomic mass is 10.1. The number of anilines is 1. The summed E-state index contributed by atoms with van der Waals surface area (Å²) in [6, 6.07) is 3.15. The Bertz CT molecular complexity index is 1130. The minimum Gasteiger partial charge on any atom is -0.342 e. The van der Waals surface area contributed by atoms with Crippen LogP contribution in [0.25, 0.3) is 11.3 Å². The van der Waals surface area contributed by atoms with E-state index in [1.54, 1.807) is 17.1 Å². The van der Waals surface area contributed by atoms with Gasteiger partial charge in [0.25, 0.3) is 5.91 Å². The van der Waals surface area contributed by atoms with Crippen molar-refractivity contribution in [2.24, 2.45) is 0 Å². The zero-order valence-electron chi connectivity index (χ0n) is 17.0. The molecule has 0 radical (unpaired) electrons. The quantitative estimate of drug-likeness (QED) is 0.489. The fraction of sp³-hybridized carbons (Fsp3) is 0.381. The van der Waals surface area contributed by atoms with E-state index in [-0.39, 0.29) is 45.3 Å². The van der Waals surface area contributed by atoms with Crippen LogP contribution in [0.2, 0.25) is 5.02 Å². The molecule has 0 saturated heterocycles. The van der Waals surface area contributed by atoms with E-state index < -0.39 is 16.8 Å². The maximum Gasteiger partial charge on any atom is 0.417 e. The number of nitrogens with one attached hydrogen (secondary N) is 1. The zero-order valence-corrected chi connectivity index (χ0v) is 18.7. The summed E-state index contributed by atoms with van der Waals surface area (Å²) in [6.45, 7) is 6.14. The highest BCUT2D eigenvalue weighted by Crippen LogP contribution is 2.38. The fourth-order valence-electron chi connectivity index (χ4n) is 3.55. The molecule has 1 aliphatic heterocycles. The highest BCUT2D eigenvalue weighted by molar-refractivity contribution is 7.59. The van der Waals surface area contributed by atoms with Crippen molar-refractivity contribution in [2.45, 2.75) is 46.3 Å². The summed E-state index contributed by atoms with van der Waals surface area (Å²) in [5.41, 5.74) is 0.969. The smallest absolute Gasteiger partial charge is 0.342 e. The number of hydrogen-bond donors (Lipinski definition) is 1. The highest BCUT2D eigenvalue weighted by atomic mass is 35.5. The van der Waals surface area contributed by atoms with E-state index in [0.717, 1.165) is 11.9 Å². The molecule has 0 spiro atoms. The van der Waals surface area contributed by atoms with Gasteiger partial charge in [0, 0.05) is 18.2 Å². The van der Waals surface area contributed by atoms with Crippen molar-refractivity contribution < 1.29 is 18.0 Å². The summed E-state index contributed by atoms with van der Waals surface area (Å²) in [6.07, 6.45) is -1.31. The molecule has 1 aromatic carbocycles. The molecular weight excluding hydrogens is 463 g/mol. The van der Waals surface area contributed by atoms with Crippen LogP contribution in [0.3, 0.4) is 0 Å². The van der Waals surface area contributed by atoms with Crippen molar-refractivity contribution in [3.05, 3.63) is 52.7 Å².